The van der Waals surface area contributed by atoms with Crippen molar-refractivity contribution in [3.05, 3.63) is 89.5 Å². The number of benzene rings is 2. The molecule has 0 aliphatic rings. The van der Waals surface area contributed by atoms with Gasteiger partial charge in [0.05, 0.1) is 6.54 Å². The molecule has 0 spiro atoms. The van der Waals surface area contributed by atoms with Gasteiger partial charge in [-0.15, -0.1) is 0 Å². The zero-order valence-electron chi connectivity index (χ0n) is 15.7. The third kappa shape index (κ3) is 5.39. The Morgan fingerprint density at radius 1 is 1.11 bits per heavy atom. The van der Waals surface area contributed by atoms with E-state index in [2.05, 4.69) is 37.3 Å². The fourth-order valence-electron chi connectivity index (χ4n) is 2.87. The van der Waals surface area contributed by atoms with Crippen LogP contribution in [0.1, 0.15) is 17.0 Å². The third-order valence-corrected chi connectivity index (χ3v) is 4.33. The van der Waals surface area contributed by atoms with Gasteiger partial charge in [-0.2, -0.15) is 0 Å². The van der Waals surface area contributed by atoms with Crippen LogP contribution >= 0.6 is 0 Å². The molecule has 3 rings (SSSR count). The molecule has 0 fully saturated rings. The summed E-state index contributed by atoms with van der Waals surface area (Å²) < 4.78 is 29.0. The molecule has 0 bridgehead atoms. The molecule has 0 aliphatic carbocycles. The van der Waals surface area contributed by atoms with Crippen molar-refractivity contribution in [3.8, 4) is 0 Å². The first-order valence-corrected chi connectivity index (χ1v) is 9.08. The highest BCUT2D eigenvalue weighted by atomic mass is 19.1. The molecule has 2 N–H and O–H groups in total. The second-order valence-corrected chi connectivity index (χ2v) is 6.30. The van der Waals surface area contributed by atoms with Crippen LogP contribution in [0.25, 0.3) is 0 Å². The zero-order valence-corrected chi connectivity index (χ0v) is 15.7. The van der Waals surface area contributed by atoms with Crippen LogP contribution in [0.15, 0.2) is 65.9 Å². The predicted octanol–water partition coefficient (Wildman–Crippen LogP) is 3.12. The van der Waals surface area contributed by atoms with E-state index >= 15 is 0 Å². The maximum atomic E-state index is 13.7. The molecule has 0 atom stereocenters. The van der Waals surface area contributed by atoms with Crippen LogP contribution in [-0.2, 0) is 19.5 Å². The molecule has 0 unspecified atom stereocenters. The van der Waals surface area contributed by atoms with Gasteiger partial charge in [0.2, 0.25) is 0 Å². The van der Waals surface area contributed by atoms with Gasteiger partial charge in [0.15, 0.2) is 5.96 Å². The number of hydrogen-bond acceptors (Lipinski definition) is 2. The Hall–Kier alpha value is -3.22. The van der Waals surface area contributed by atoms with Crippen LogP contribution < -0.4 is 10.6 Å². The van der Waals surface area contributed by atoms with Gasteiger partial charge in [-0.25, -0.2) is 13.8 Å². The number of aromatic nitrogens is 2. The number of aliphatic imine (C=N–C) groups is 1. The van der Waals surface area contributed by atoms with Crippen molar-refractivity contribution in [2.24, 2.45) is 4.99 Å². The van der Waals surface area contributed by atoms with Crippen molar-refractivity contribution >= 4 is 5.96 Å². The smallest absolute Gasteiger partial charge is 0.191 e. The van der Waals surface area contributed by atoms with Crippen LogP contribution in [0.4, 0.5) is 8.78 Å². The summed E-state index contributed by atoms with van der Waals surface area (Å²) >= 11 is 0. The Morgan fingerprint density at radius 2 is 1.93 bits per heavy atom. The monoisotopic (exact) mass is 383 g/mol. The number of halogens is 2. The van der Waals surface area contributed by atoms with E-state index in [1.807, 2.05) is 24.4 Å². The molecule has 0 saturated heterocycles. The van der Waals surface area contributed by atoms with Gasteiger partial charge in [-0.3, -0.25) is 4.99 Å². The van der Waals surface area contributed by atoms with Gasteiger partial charge in [-0.05, 0) is 35.7 Å². The molecule has 0 radical (unpaired) electrons. The second-order valence-electron chi connectivity index (χ2n) is 6.30. The molecular weight excluding hydrogens is 360 g/mol. The average molecular weight is 383 g/mol. The number of nitrogens with one attached hydrogen (secondary N) is 2. The minimum atomic E-state index is -0.441. The first-order valence-electron chi connectivity index (χ1n) is 9.08. The summed E-state index contributed by atoms with van der Waals surface area (Å²) in [6.45, 7) is 1.66. The molecule has 0 saturated carbocycles. The van der Waals surface area contributed by atoms with Crippen molar-refractivity contribution in [1.82, 2.24) is 20.2 Å². The Balaban J connectivity index is 1.51. The van der Waals surface area contributed by atoms with Gasteiger partial charge in [-0.1, -0.05) is 30.3 Å². The number of hydrogen-bond donors (Lipinski definition) is 2. The predicted molar refractivity (Wildman–Crippen MR) is 106 cm³/mol. The fourth-order valence-corrected chi connectivity index (χ4v) is 2.87. The molecule has 7 heteroatoms. The van der Waals surface area contributed by atoms with Gasteiger partial charge in [0, 0.05) is 32.5 Å². The Bertz CT molecular complexity index is 922. The first kappa shape index (κ1) is 19.5. The quantitative estimate of drug-likeness (QED) is 0.487. The Morgan fingerprint density at radius 3 is 2.71 bits per heavy atom. The summed E-state index contributed by atoms with van der Waals surface area (Å²) in [6.07, 6.45) is 4.06. The maximum absolute atomic E-state index is 13.7. The summed E-state index contributed by atoms with van der Waals surface area (Å²) in [5.74, 6) is 0.604. The lowest BCUT2D eigenvalue weighted by Crippen LogP contribution is -2.38. The van der Waals surface area contributed by atoms with E-state index in [1.54, 1.807) is 13.2 Å². The molecule has 1 heterocycles. The summed E-state index contributed by atoms with van der Waals surface area (Å²) in [5.41, 5.74) is 1.53. The van der Waals surface area contributed by atoms with E-state index in [4.69, 9.17) is 0 Å². The minimum Gasteiger partial charge on any atom is -0.356 e. The summed E-state index contributed by atoms with van der Waals surface area (Å²) in [5, 5.41) is 6.31. The fraction of sp³-hybridized carbons (Fsp3) is 0.238. The SMILES string of the molecule is CN=C(NCCc1cc(F)ccc1F)NCc1nccn1Cc1ccccc1. The Labute approximate surface area is 163 Å². The van der Waals surface area contributed by atoms with Crippen molar-refractivity contribution in [2.75, 3.05) is 13.6 Å². The van der Waals surface area contributed by atoms with Crippen LogP contribution in [0.5, 0.6) is 0 Å². The highest BCUT2D eigenvalue weighted by Gasteiger charge is 2.07. The van der Waals surface area contributed by atoms with Crippen LogP contribution in [0.2, 0.25) is 0 Å². The number of guanidine groups is 1. The van der Waals surface area contributed by atoms with E-state index in [0.29, 0.717) is 31.0 Å². The van der Waals surface area contributed by atoms with Crippen LogP contribution in [-0.4, -0.2) is 29.1 Å². The first-order chi connectivity index (χ1) is 13.7. The van der Waals surface area contributed by atoms with Crippen molar-refractivity contribution in [3.63, 3.8) is 0 Å². The van der Waals surface area contributed by atoms with Crippen LogP contribution in [0, 0.1) is 11.6 Å². The lowest BCUT2D eigenvalue weighted by Gasteiger charge is -2.13. The molecule has 2 aromatic carbocycles. The topological polar surface area (TPSA) is 54.2 Å². The van der Waals surface area contributed by atoms with E-state index in [0.717, 1.165) is 24.5 Å². The largest absolute Gasteiger partial charge is 0.356 e. The van der Waals surface area contributed by atoms with Gasteiger partial charge >= 0.3 is 0 Å². The number of imidazole rings is 1. The van der Waals surface area contributed by atoms with E-state index in [9.17, 15) is 8.78 Å². The van der Waals surface area contributed by atoms with E-state index in [1.165, 1.54) is 11.6 Å². The lowest BCUT2D eigenvalue weighted by molar-refractivity contribution is 0.583. The summed E-state index contributed by atoms with van der Waals surface area (Å²) in [4.78, 5) is 8.56. The standard InChI is InChI=1S/C21H23F2N5/c1-24-21(26-10-9-17-13-18(22)7-8-19(17)23)27-14-20-25-11-12-28(20)15-16-5-3-2-4-6-16/h2-8,11-13H,9-10,14-15H2,1H3,(H2,24,26,27). The van der Waals surface area contributed by atoms with Crippen molar-refractivity contribution in [2.45, 2.75) is 19.5 Å². The number of nitrogens with zero attached hydrogens (tertiary/aromatic N) is 3. The summed E-state index contributed by atoms with van der Waals surface area (Å²) in [7, 11) is 1.66. The Kier molecular flexibility index (Phi) is 6.73. The van der Waals surface area contributed by atoms with Crippen LogP contribution in [0.3, 0.4) is 0 Å². The van der Waals surface area contributed by atoms with Crippen molar-refractivity contribution in [1.29, 1.82) is 0 Å². The third-order valence-electron chi connectivity index (χ3n) is 4.33. The van der Waals surface area contributed by atoms with Gasteiger partial charge < -0.3 is 15.2 Å². The molecule has 0 aliphatic heterocycles. The minimum absolute atomic E-state index is 0.335. The van der Waals surface area contributed by atoms with Crippen molar-refractivity contribution < 1.29 is 8.78 Å². The maximum Gasteiger partial charge on any atom is 0.191 e. The van der Waals surface area contributed by atoms with E-state index < -0.39 is 11.6 Å². The number of rotatable bonds is 7. The molecular formula is C21H23F2N5. The second kappa shape index (κ2) is 9.64. The lowest BCUT2D eigenvalue weighted by atomic mass is 10.1. The summed E-state index contributed by atoms with van der Waals surface area (Å²) in [6, 6.07) is 13.6. The highest BCUT2D eigenvalue weighted by molar-refractivity contribution is 5.79. The molecule has 5 nitrogen and oxygen atoms in total. The average Bonchev–Trinajstić information content (AvgIpc) is 3.15. The molecule has 146 valence electrons. The molecule has 3 aromatic rings. The highest BCUT2D eigenvalue weighted by Crippen LogP contribution is 2.10. The van der Waals surface area contributed by atoms with E-state index in [-0.39, 0.29) is 0 Å². The molecule has 1 aromatic heterocycles. The van der Waals surface area contributed by atoms with Gasteiger partial charge in [0.1, 0.15) is 17.5 Å². The molecule has 0 amide bonds. The van der Waals surface area contributed by atoms with Gasteiger partial charge in [0.25, 0.3) is 0 Å². The molecule has 28 heavy (non-hydrogen) atoms. The normalized spacial score (nSPS) is 11.5. The zero-order chi connectivity index (χ0) is 19.8.